The van der Waals surface area contributed by atoms with Gasteiger partial charge in [-0.3, -0.25) is 14.4 Å². The van der Waals surface area contributed by atoms with Gasteiger partial charge in [-0.1, -0.05) is 48.5 Å². The third-order valence-electron chi connectivity index (χ3n) is 4.60. The lowest BCUT2D eigenvalue weighted by molar-refractivity contribution is -0.175. The molecule has 1 amide bonds. The van der Waals surface area contributed by atoms with Gasteiger partial charge in [0, 0.05) is 5.39 Å². The summed E-state index contributed by atoms with van der Waals surface area (Å²) in [6.45, 7) is 2.30. The monoisotopic (exact) mass is 364 g/mol. The molecule has 0 bridgehead atoms. The van der Waals surface area contributed by atoms with Crippen LogP contribution >= 0.6 is 0 Å². The molecule has 0 saturated heterocycles. The normalized spacial score (nSPS) is 16.0. The summed E-state index contributed by atoms with van der Waals surface area (Å²) in [5, 5.41) is 2.25. The maximum atomic E-state index is 13.0. The molecule has 0 spiro atoms. The van der Waals surface area contributed by atoms with Gasteiger partial charge in [-0.15, -0.1) is 0 Å². The number of rotatable bonds is 6. The lowest BCUT2D eigenvalue weighted by Crippen LogP contribution is -2.31. The zero-order valence-corrected chi connectivity index (χ0v) is 15.0. The van der Waals surface area contributed by atoms with Gasteiger partial charge in [0.05, 0.1) is 18.5 Å². The van der Waals surface area contributed by atoms with E-state index in [0.29, 0.717) is 12.3 Å². The molecule has 6 heteroatoms. The Labute approximate surface area is 156 Å². The minimum absolute atomic E-state index is 0.0278. The first-order chi connectivity index (χ1) is 13.2. The van der Waals surface area contributed by atoms with E-state index in [1.807, 2.05) is 65.2 Å². The van der Waals surface area contributed by atoms with Gasteiger partial charge in [-0.05, 0) is 24.6 Å². The maximum Gasteiger partial charge on any atom is 0.309 e. The van der Waals surface area contributed by atoms with Gasteiger partial charge in [0.2, 0.25) is 0 Å². The Bertz CT molecular complexity index is 980. The Balaban J connectivity index is 1.66. The second kappa shape index (κ2) is 7.25. The van der Waals surface area contributed by atoms with Crippen molar-refractivity contribution >= 4 is 22.8 Å². The number of hydroxylamine groups is 2. The number of hydrogen-bond donors (Lipinski definition) is 0. The van der Waals surface area contributed by atoms with Crippen LogP contribution in [0.15, 0.2) is 60.7 Å². The predicted octanol–water partition coefficient (Wildman–Crippen LogP) is 3.68. The zero-order chi connectivity index (χ0) is 18.8. The first kappa shape index (κ1) is 17.3. The second-order valence-electron chi connectivity index (χ2n) is 6.34. The molecule has 2 aromatic carbocycles. The first-order valence-electron chi connectivity index (χ1n) is 8.95. The molecule has 4 rings (SSSR count). The van der Waals surface area contributed by atoms with Crippen molar-refractivity contribution in [3.8, 4) is 0 Å². The summed E-state index contributed by atoms with van der Waals surface area (Å²) in [5.41, 5.74) is 2.35. The van der Waals surface area contributed by atoms with Crippen LogP contribution in [-0.4, -0.2) is 28.1 Å². The van der Waals surface area contributed by atoms with Crippen LogP contribution in [0.1, 0.15) is 35.6 Å². The molecule has 1 aromatic heterocycles. The standard InChI is InChI=1S/C21H20N2O4/c1-2-26-20(24)13-19-22-17-11-7-6-10-16(17)12-18(22)21(25)23(19)27-14-15-8-4-3-5-9-15/h3-12,19H,2,13-14H2,1H3. The molecule has 1 aliphatic heterocycles. The van der Waals surface area contributed by atoms with Crippen molar-refractivity contribution in [1.29, 1.82) is 0 Å². The number of esters is 1. The number of nitrogens with zero attached hydrogens (tertiary/aromatic N) is 2. The summed E-state index contributed by atoms with van der Waals surface area (Å²) in [6, 6.07) is 19.2. The van der Waals surface area contributed by atoms with Crippen LogP contribution in [0.4, 0.5) is 0 Å². The highest BCUT2D eigenvalue weighted by molar-refractivity contribution is 6.00. The maximum absolute atomic E-state index is 13.0. The fraction of sp³-hybridized carbons (Fsp3) is 0.238. The summed E-state index contributed by atoms with van der Waals surface area (Å²) < 4.78 is 6.97. The molecule has 2 heterocycles. The molecule has 0 aliphatic carbocycles. The van der Waals surface area contributed by atoms with Crippen LogP contribution in [0.25, 0.3) is 10.9 Å². The molecular weight excluding hydrogens is 344 g/mol. The lowest BCUT2D eigenvalue weighted by Gasteiger charge is -2.24. The summed E-state index contributed by atoms with van der Waals surface area (Å²) in [4.78, 5) is 31.0. The van der Waals surface area contributed by atoms with Gasteiger partial charge in [0.25, 0.3) is 5.91 Å². The summed E-state index contributed by atoms with van der Waals surface area (Å²) >= 11 is 0. The average molecular weight is 364 g/mol. The average Bonchev–Trinajstić information content (AvgIpc) is 3.18. The topological polar surface area (TPSA) is 60.8 Å². The van der Waals surface area contributed by atoms with Crippen molar-refractivity contribution in [2.45, 2.75) is 26.1 Å². The molecule has 0 N–H and O–H groups in total. The van der Waals surface area contributed by atoms with E-state index in [-0.39, 0.29) is 24.9 Å². The van der Waals surface area contributed by atoms with Crippen LogP contribution in [0.5, 0.6) is 0 Å². The SMILES string of the molecule is CCOC(=O)CC1N(OCc2ccccc2)C(=O)c2cc3ccccc3n21. The minimum atomic E-state index is -0.574. The number of benzene rings is 2. The molecule has 6 nitrogen and oxygen atoms in total. The Morgan fingerprint density at radius 2 is 1.81 bits per heavy atom. The van der Waals surface area contributed by atoms with Crippen molar-refractivity contribution in [1.82, 2.24) is 9.63 Å². The first-order valence-corrected chi connectivity index (χ1v) is 8.95. The third-order valence-corrected chi connectivity index (χ3v) is 4.60. The highest BCUT2D eigenvalue weighted by atomic mass is 16.7. The number of para-hydroxylation sites is 1. The molecule has 3 aromatic rings. The summed E-state index contributed by atoms with van der Waals surface area (Å²) in [5.74, 6) is -0.620. The fourth-order valence-corrected chi connectivity index (χ4v) is 3.42. The van der Waals surface area contributed by atoms with E-state index >= 15 is 0 Å². The van der Waals surface area contributed by atoms with E-state index in [1.165, 1.54) is 5.06 Å². The predicted molar refractivity (Wildman–Crippen MR) is 99.6 cm³/mol. The molecule has 0 saturated carbocycles. The van der Waals surface area contributed by atoms with Gasteiger partial charge >= 0.3 is 5.97 Å². The largest absolute Gasteiger partial charge is 0.466 e. The van der Waals surface area contributed by atoms with Gasteiger partial charge in [0.1, 0.15) is 18.5 Å². The van der Waals surface area contributed by atoms with E-state index in [1.54, 1.807) is 6.92 Å². The van der Waals surface area contributed by atoms with Crippen LogP contribution in [0, 0.1) is 0 Å². The van der Waals surface area contributed by atoms with Gasteiger partial charge in [-0.2, -0.15) is 5.06 Å². The van der Waals surface area contributed by atoms with Gasteiger partial charge in [0.15, 0.2) is 0 Å². The van der Waals surface area contributed by atoms with Crippen molar-refractivity contribution in [2.75, 3.05) is 6.61 Å². The highest BCUT2D eigenvalue weighted by Crippen LogP contribution is 2.36. The molecule has 1 unspecified atom stereocenters. The smallest absolute Gasteiger partial charge is 0.309 e. The molecule has 1 atom stereocenters. The van der Waals surface area contributed by atoms with Crippen molar-refractivity contribution in [3.05, 3.63) is 71.9 Å². The van der Waals surface area contributed by atoms with Crippen LogP contribution < -0.4 is 0 Å². The second-order valence-corrected chi connectivity index (χ2v) is 6.34. The highest BCUT2D eigenvalue weighted by Gasteiger charge is 2.40. The summed E-state index contributed by atoms with van der Waals surface area (Å²) in [7, 11) is 0. The lowest BCUT2D eigenvalue weighted by atomic mass is 10.2. The van der Waals surface area contributed by atoms with Crippen molar-refractivity contribution in [3.63, 3.8) is 0 Å². The Kier molecular flexibility index (Phi) is 4.64. The zero-order valence-electron chi connectivity index (χ0n) is 15.0. The summed E-state index contributed by atoms with van der Waals surface area (Å²) in [6.07, 6.45) is -0.546. The molecule has 27 heavy (non-hydrogen) atoms. The Hall–Kier alpha value is -3.12. The van der Waals surface area contributed by atoms with Crippen molar-refractivity contribution < 1.29 is 19.2 Å². The number of amides is 1. The number of ether oxygens (including phenoxy) is 1. The van der Waals surface area contributed by atoms with Crippen LogP contribution in [0.2, 0.25) is 0 Å². The number of fused-ring (bicyclic) bond motifs is 3. The van der Waals surface area contributed by atoms with E-state index in [2.05, 4.69) is 0 Å². The van der Waals surface area contributed by atoms with E-state index in [4.69, 9.17) is 9.57 Å². The number of aromatic nitrogens is 1. The van der Waals surface area contributed by atoms with Gasteiger partial charge < -0.3 is 9.30 Å². The van der Waals surface area contributed by atoms with Gasteiger partial charge in [-0.25, -0.2) is 0 Å². The van der Waals surface area contributed by atoms with E-state index in [0.717, 1.165) is 16.5 Å². The molecule has 0 fully saturated rings. The fourth-order valence-electron chi connectivity index (χ4n) is 3.42. The number of carbonyl (C=O) groups is 2. The molecule has 0 radical (unpaired) electrons. The molecule has 138 valence electrons. The number of carbonyl (C=O) groups excluding carboxylic acids is 2. The minimum Gasteiger partial charge on any atom is -0.466 e. The van der Waals surface area contributed by atoms with Crippen LogP contribution in [0.3, 0.4) is 0 Å². The van der Waals surface area contributed by atoms with E-state index < -0.39 is 6.17 Å². The van der Waals surface area contributed by atoms with Crippen LogP contribution in [-0.2, 0) is 21.0 Å². The molecule has 1 aliphatic rings. The third kappa shape index (κ3) is 3.19. The Morgan fingerprint density at radius 1 is 1.07 bits per heavy atom. The Morgan fingerprint density at radius 3 is 2.59 bits per heavy atom. The quantitative estimate of drug-likeness (QED) is 0.626. The van der Waals surface area contributed by atoms with Crippen molar-refractivity contribution in [2.24, 2.45) is 0 Å². The van der Waals surface area contributed by atoms with E-state index in [9.17, 15) is 9.59 Å². The number of hydrogen-bond acceptors (Lipinski definition) is 4. The molecular formula is C21H20N2O4.